The van der Waals surface area contributed by atoms with Crippen molar-refractivity contribution in [3.05, 3.63) is 30.0 Å². The summed E-state index contributed by atoms with van der Waals surface area (Å²) < 4.78 is 0. The lowest BCUT2D eigenvalue weighted by molar-refractivity contribution is -0.113. The molecule has 0 aliphatic heterocycles. The smallest absolute Gasteiger partial charge is 0.241 e. The molecule has 14 heavy (non-hydrogen) atoms. The molecule has 4 nitrogen and oxygen atoms in total. The van der Waals surface area contributed by atoms with Gasteiger partial charge in [0.1, 0.15) is 5.82 Å². The van der Waals surface area contributed by atoms with Gasteiger partial charge in [0.15, 0.2) is 0 Å². The topological polar surface area (TPSA) is 59.2 Å². The first-order valence-electron chi connectivity index (χ1n) is 4.20. The van der Waals surface area contributed by atoms with Crippen molar-refractivity contribution in [2.75, 3.05) is 19.0 Å². The van der Waals surface area contributed by atoms with E-state index >= 15 is 0 Å². The van der Waals surface area contributed by atoms with Gasteiger partial charge in [0.2, 0.25) is 5.91 Å². The van der Waals surface area contributed by atoms with E-state index < -0.39 is 5.91 Å². The Labute approximate surface area is 83.0 Å². The summed E-state index contributed by atoms with van der Waals surface area (Å²) >= 11 is 0. The fourth-order valence-corrected chi connectivity index (χ4v) is 0.939. The van der Waals surface area contributed by atoms with Gasteiger partial charge in [-0.15, -0.1) is 0 Å². The van der Waals surface area contributed by atoms with Crippen LogP contribution in [0.3, 0.4) is 0 Å². The van der Waals surface area contributed by atoms with E-state index in [1.807, 2.05) is 31.1 Å². The van der Waals surface area contributed by atoms with Gasteiger partial charge < -0.3 is 10.6 Å². The van der Waals surface area contributed by atoms with Crippen LogP contribution >= 0.6 is 0 Å². The first kappa shape index (κ1) is 10.2. The SMILES string of the molecule is CN(C)c1ccc(C=CC(N)=O)cn1. The molecule has 74 valence electrons. The Balaban J connectivity index is 2.78. The van der Waals surface area contributed by atoms with Crippen molar-refractivity contribution in [3.63, 3.8) is 0 Å². The fourth-order valence-electron chi connectivity index (χ4n) is 0.939. The second kappa shape index (κ2) is 4.41. The number of amides is 1. The van der Waals surface area contributed by atoms with Gasteiger partial charge in [-0.3, -0.25) is 4.79 Å². The number of primary amides is 1. The van der Waals surface area contributed by atoms with E-state index in [1.165, 1.54) is 6.08 Å². The maximum atomic E-state index is 10.5. The van der Waals surface area contributed by atoms with Crippen LogP contribution in [-0.2, 0) is 4.79 Å². The highest BCUT2D eigenvalue weighted by Gasteiger charge is 1.95. The molecule has 0 aliphatic carbocycles. The molecule has 1 rings (SSSR count). The van der Waals surface area contributed by atoms with Gasteiger partial charge >= 0.3 is 0 Å². The van der Waals surface area contributed by atoms with Crippen molar-refractivity contribution >= 4 is 17.8 Å². The van der Waals surface area contributed by atoms with Crippen LogP contribution in [0.4, 0.5) is 5.82 Å². The highest BCUT2D eigenvalue weighted by atomic mass is 16.1. The third kappa shape index (κ3) is 2.90. The quantitative estimate of drug-likeness (QED) is 0.713. The lowest BCUT2D eigenvalue weighted by atomic mass is 10.2. The van der Waals surface area contributed by atoms with Crippen LogP contribution < -0.4 is 10.6 Å². The van der Waals surface area contributed by atoms with Gasteiger partial charge in [0.25, 0.3) is 0 Å². The summed E-state index contributed by atoms with van der Waals surface area (Å²) in [7, 11) is 3.84. The molecule has 0 radical (unpaired) electrons. The largest absolute Gasteiger partial charge is 0.366 e. The summed E-state index contributed by atoms with van der Waals surface area (Å²) in [6, 6.07) is 3.75. The minimum atomic E-state index is -0.457. The number of nitrogens with zero attached hydrogens (tertiary/aromatic N) is 2. The molecular formula is C10H13N3O. The molecule has 2 N–H and O–H groups in total. The lowest BCUT2D eigenvalue weighted by Crippen LogP contribution is -2.10. The number of carbonyl (C=O) groups is 1. The number of nitrogens with two attached hydrogens (primary N) is 1. The number of hydrogen-bond donors (Lipinski definition) is 1. The third-order valence-corrected chi connectivity index (χ3v) is 1.67. The zero-order valence-electron chi connectivity index (χ0n) is 8.27. The number of pyridine rings is 1. The molecule has 0 aromatic carbocycles. The maximum Gasteiger partial charge on any atom is 0.241 e. The Hall–Kier alpha value is -1.84. The van der Waals surface area contributed by atoms with Crippen LogP contribution in [0.1, 0.15) is 5.56 Å². The Morgan fingerprint density at radius 1 is 1.50 bits per heavy atom. The van der Waals surface area contributed by atoms with Crippen LogP contribution in [0.5, 0.6) is 0 Å². The summed E-state index contributed by atoms with van der Waals surface area (Å²) in [5, 5.41) is 0. The molecule has 0 fully saturated rings. The van der Waals surface area contributed by atoms with Gasteiger partial charge in [-0.05, 0) is 23.8 Å². The van der Waals surface area contributed by atoms with Crippen LogP contribution in [0.15, 0.2) is 24.4 Å². The molecule has 0 bridgehead atoms. The summed E-state index contributed by atoms with van der Waals surface area (Å²) in [6.07, 6.45) is 4.63. The molecule has 1 aromatic rings. The Kier molecular flexibility index (Phi) is 3.23. The average Bonchev–Trinajstić information content (AvgIpc) is 2.15. The first-order chi connectivity index (χ1) is 6.59. The van der Waals surface area contributed by atoms with Crippen molar-refractivity contribution in [1.29, 1.82) is 0 Å². The van der Waals surface area contributed by atoms with Crippen LogP contribution in [-0.4, -0.2) is 25.0 Å². The van der Waals surface area contributed by atoms with E-state index in [-0.39, 0.29) is 0 Å². The minimum absolute atomic E-state index is 0.457. The standard InChI is InChI=1S/C10H13N3O/c1-13(2)10-6-4-8(7-12-10)3-5-9(11)14/h3-7H,1-2H3,(H2,11,14). The molecule has 0 aliphatic rings. The second-order valence-corrected chi connectivity index (χ2v) is 3.08. The fraction of sp³-hybridized carbons (Fsp3) is 0.200. The highest BCUT2D eigenvalue weighted by molar-refractivity contribution is 5.90. The molecule has 0 saturated carbocycles. The van der Waals surface area contributed by atoms with Gasteiger partial charge in [-0.1, -0.05) is 0 Å². The van der Waals surface area contributed by atoms with Gasteiger partial charge in [-0.2, -0.15) is 0 Å². The highest BCUT2D eigenvalue weighted by Crippen LogP contribution is 2.08. The summed E-state index contributed by atoms with van der Waals surface area (Å²) in [5.74, 6) is 0.419. The Morgan fingerprint density at radius 2 is 2.21 bits per heavy atom. The number of anilines is 1. The molecule has 4 heteroatoms. The van der Waals surface area contributed by atoms with Gasteiger partial charge in [0, 0.05) is 26.4 Å². The molecule has 0 unspecified atom stereocenters. The summed E-state index contributed by atoms with van der Waals surface area (Å²) in [6.45, 7) is 0. The zero-order chi connectivity index (χ0) is 10.6. The van der Waals surface area contributed by atoms with Crippen molar-refractivity contribution in [2.45, 2.75) is 0 Å². The van der Waals surface area contributed by atoms with Crippen molar-refractivity contribution in [1.82, 2.24) is 4.98 Å². The van der Waals surface area contributed by atoms with Gasteiger partial charge in [0.05, 0.1) is 0 Å². The predicted molar refractivity (Wildman–Crippen MR) is 56.8 cm³/mol. The van der Waals surface area contributed by atoms with Crippen LogP contribution in [0.2, 0.25) is 0 Å². The number of aromatic nitrogens is 1. The Morgan fingerprint density at radius 3 is 2.64 bits per heavy atom. The monoisotopic (exact) mass is 191 g/mol. The second-order valence-electron chi connectivity index (χ2n) is 3.08. The van der Waals surface area contributed by atoms with E-state index in [2.05, 4.69) is 4.98 Å². The van der Waals surface area contributed by atoms with Gasteiger partial charge in [-0.25, -0.2) is 4.98 Å². The van der Waals surface area contributed by atoms with Crippen LogP contribution in [0.25, 0.3) is 6.08 Å². The zero-order valence-corrected chi connectivity index (χ0v) is 8.27. The van der Waals surface area contributed by atoms with Crippen molar-refractivity contribution in [3.8, 4) is 0 Å². The molecular weight excluding hydrogens is 178 g/mol. The third-order valence-electron chi connectivity index (χ3n) is 1.67. The van der Waals surface area contributed by atoms with E-state index in [4.69, 9.17) is 5.73 Å². The number of hydrogen-bond acceptors (Lipinski definition) is 3. The van der Waals surface area contributed by atoms with Crippen LogP contribution in [0, 0.1) is 0 Å². The average molecular weight is 191 g/mol. The normalized spacial score (nSPS) is 10.4. The van der Waals surface area contributed by atoms with Crippen molar-refractivity contribution in [2.24, 2.45) is 5.73 Å². The predicted octanol–water partition coefficient (Wildman–Crippen LogP) is 0.646. The number of rotatable bonds is 3. The minimum Gasteiger partial charge on any atom is -0.366 e. The molecule has 1 amide bonds. The lowest BCUT2D eigenvalue weighted by Gasteiger charge is -2.10. The Bertz CT molecular complexity index is 341. The molecule has 0 saturated heterocycles. The molecule has 1 heterocycles. The summed E-state index contributed by atoms with van der Waals surface area (Å²) in [5.41, 5.74) is 5.82. The van der Waals surface area contributed by atoms with E-state index in [9.17, 15) is 4.79 Å². The van der Waals surface area contributed by atoms with E-state index in [1.54, 1.807) is 12.3 Å². The molecule has 0 spiro atoms. The number of carbonyl (C=O) groups excluding carboxylic acids is 1. The molecule has 0 atom stereocenters. The summed E-state index contributed by atoms with van der Waals surface area (Å²) in [4.78, 5) is 16.5. The van der Waals surface area contributed by atoms with E-state index in [0.717, 1.165) is 11.4 Å². The van der Waals surface area contributed by atoms with Crippen molar-refractivity contribution < 1.29 is 4.79 Å². The van der Waals surface area contributed by atoms with E-state index in [0.29, 0.717) is 0 Å². The maximum absolute atomic E-state index is 10.5. The first-order valence-corrected chi connectivity index (χ1v) is 4.20. The molecule has 1 aromatic heterocycles.